The maximum absolute atomic E-state index is 13.8. The quantitative estimate of drug-likeness (QED) is 0.262. The molecule has 0 atom stereocenters. The maximum atomic E-state index is 13.8. The number of nitrogens with zero attached hydrogens (tertiary/aromatic N) is 7. The van der Waals surface area contributed by atoms with E-state index in [1.54, 1.807) is 30.3 Å². The van der Waals surface area contributed by atoms with Crippen LogP contribution in [0.3, 0.4) is 0 Å². The molecule has 3 heterocycles. The van der Waals surface area contributed by atoms with Gasteiger partial charge >= 0.3 is 6.18 Å². The van der Waals surface area contributed by atoms with Crippen LogP contribution in [0.4, 0.5) is 42.0 Å². The lowest BCUT2D eigenvalue weighted by atomic mass is 10.1. The standard InChI is InChI=1S/C27H29F3N10O2/c1-17-4-5-18(10-22(17)36-26-33-16-34-40(26)24-14-23(37-42-3)31-15-32-24)25(41)35-20-11-19(27(28,29)30)12-21(13-20)39-8-6-38(2)7-9-39/h4-5,10-16H,6-9H2,1-3H3,(H,35,41)(H,31,32,37)(H,33,34,36). The highest BCUT2D eigenvalue weighted by Crippen LogP contribution is 2.35. The molecule has 1 saturated heterocycles. The van der Waals surface area contributed by atoms with Crippen molar-refractivity contribution >= 4 is 34.7 Å². The van der Waals surface area contributed by atoms with E-state index in [2.05, 4.69) is 41.1 Å². The lowest BCUT2D eigenvalue weighted by Crippen LogP contribution is -2.44. The van der Waals surface area contributed by atoms with Crippen LogP contribution in [0.2, 0.25) is 0 Å². The van der Waals surface area contributed by atoms with Gasteiger partial charge in [-0.2, -0.15) is 27.9 Å². The maximum Gasteiger partial charge on any atom is 0.416 e. The van der Waals surface area contributed by atoms with E-state index in [9.17, 15) is 18.0 Å². The third kappa shape index (κ3) is 6.58. The fourth-order valence-electron chi connectivity index (χ4n) is 4.43. The summed E-state index contributed by atoms with van der Waals surface area (Å²) in [4.78, 5) is 34.6. The normalized spacial score (nSPS) is 14.1. The average Bonchev–Trinajstić information content (AvgIpc) is 3.42. The monoisotopic (exact) mass is 582 g/mol. The number of aryl methyl sites for hydroxylation is 1. The second kappa shape index (κ2) is 12.0. The first-order valence-electron chi connectivity index (χ1n) is 13.0. The van der Waals surface area contributed by atoms with Gasteiger partial charge in [0.1, 0.15) is 12.7 Å². The SMILES string of the molecule is CONc1cc(-n2ncnc2Nc2cc(C(=O)Nc3cc(N4CCN(C)CC4)cc(C(F)(F)F)c3)ccc2C)ncn1. The molecule has 0 bridgehead atoms. The lowest BCUT2D eigenvalue weighted by molar-refractivity contribution is -0.137. The summed E-state index contributed by atoms with van der Waals surface area (Å²) in [5.41, 5.74) is 3.84. The molecule has 2 aromatic heterocycles. The minimum Gasteiger partial charge on any atom is -0.369 e. The van der Waals surface area contributed by atoms with Crippen LogP contribution < -0.4 is 21.0 Å². The van der Waals surface area contributed by atoms with E-state index in [4.69, 9.17) is 4.84 Å². The number of rotatable bonds is 8. The molecule has 3 N–H and O–H groups in total. The molecule has 1 aliphatic rings. The molecule has 0 aliphatic carbocycles. The number of benzene rings is 2. The minimum absolute atomic E-state index is 0.0582. The van der Waals surface area contributed by atoms with E-state index >= 15 is 0 Å². The van der Waals surface area contributed by atoms with Gasteiger partial charge in [-0.25, -0.2) is 15.4 Å². The number of carbonyl (C=O) groups is 1. The van der Waals surface area contributed by atoms with Crippen LogP contribution in [-0.2, 0) is 11.0 Å². The van der Waals surface area contributed by atoms with Crippen molar-refractivity contribution in [2.45, 2.75) is 13.1 Å². The smallest absolute Gasteiger partial charge is 0.369 e. The van der Waals surface area contributed by atoms with Gasteiger partial charge in [0.15, 0.2) is 11.6 Å². The Hall–Kier alpha value is -4.76. The summed E-state index contributed by atoms with van der Waals surface area (Å²) in [5, 5.41) is 10.0. The van der Waals surface area contributed by atoms with E-state index < -0.39 is 17.6 Å². The minimum atomic E-state index is -4.57. The Bertz CT molecular complexity index is 1570. The third-order valence-electron chi connectivity index (χ3n) is 6.74. The fourth-order valence-corrected chi connectivity index (χ4v) is 4.43. The van der Waals surface area contributed by atoms with E-state index in [0.717, 1.165) is 30.8 Å². The number of aromatic nitrogens is 5. The molecular formula is C27H29F3N10O2. The van der Waals surface area contributed by atoms with Gasteiger partial charge in [0.25, 0.3) is 5.91 Å². The predicted molar refractivity (Wildman–Crippen MR) is 151 cm³/mol. The molecule has 5 rings (SSSR count). The van der Waals surface area contributed by atoms with E-state index in [1.807, 2.05) is 18.9 Å². The summed E-state index contributed by atoms with van der Waals surface area (Å²) < 4.78 is 42.7. The zero-order chi connectivity index (χ0) is 29.9. The first-order valence-corrected chi connectivity index (χ1v) is 13.0. The molecule has 12 nitrogen and oxygen atoms in total. The summed E-state index contributed by atoms with van der Waals surface area (Å²) in [5.74, 6) is 0.558. The zero-order valence-electron chi connectivity index (χ0n) is 23.1. The topological polar surface area (TPSA) is 125 Å². The van der Waals surface area contributed by atoms with Gasteiger partial charge in [0.05, 0.1) is 12.7 Å². The Balaban J connectivity index is 1.38. The number of hydrogen-bond donors (Lipinski definition) is 3. The van der Waals surface area contributed by atoms with Crippen LogP contribution in [0.25, 0.3) is 5.82 Å². The molecule has 0 saturated carbocycles. The Morgan fingerprint density at radius 3 is 2.50 bits per heavy atom. The number of amides is 1. The van der Waals surface area contributed by atoms with Crippen molar-refractivity contribution in [2.24, 2.45) is 0 Å². The fraction of sp³-hybridized carbons (Fsp3) is 0.296. The van der Waals surface area contributed by atoms with Crippen molar-refractivity contribution in [3.63, 3.8) is 0 Å². The molecule has 42 heavy (non-hydrogen) atoms. The molecular weight excluding hydrogens is 553 g/mol. The van der Waals surface area contributed by atoms with Crippen molar-refractivity contribution in [2.75, 3.05) is 61.4 Å². The molecule has 1 aliphatic heterocycles. The van der Waals surface area contributed by atoms with Crippen LogP contribution in [0, 0.1) is 6.92 Å². The number of anilines is 5. The molecule has 0 radical (unpaired) electrons. The molecule has 15 heteroatoms. The van der Waals surface area contributed by atoms with Crippen molar-refractivity contribution in [3.05, 3.63) is 71.8 Å². The molecule has 1 fully saturated rings. The van der Waals surface area contributed by atoms with Gasteiger partial charge in [-0.1, -0.05) is 6.07 Å². The highest BCUT2D eigenvalue weighted by molar-refractivity contribution is 6.05. The number of alkyl halides is 3. The van der Waals surface area contributed by atoms with Crippen molar-refractivity contribution < 1.29 is 22.8 Å². The second-order valence-corrected chi connectivity index (χ2v) is 9.73. The van der Waals surface area contributed by atoms with Gasteiger partial charge in [-0.3, -0.25) is 9.63 Å². The highest BCUT2D eigenvalue weighted by Gasteiger charge is 2.32. The van der Waals surface area contributed by atoms with Gasteiger partial charge in [0, 0.05) is 54.9 Å². The van der Waals surface area contributed by atoms with Crippen LogP contribution in [0.1, 0.15) is 21.5 Å². The van der Waals surface area contributed by atoms with Gasteiger partial charge in [0.2, 0.25) is 5.95 Å². The van der Waals surface area contributed by atoms with E-state index in [-0.39, 0.29) is 11.3 Å². The molecule has 0 spiro atoms. The van der Waals surface area contributed by atoms with Crippen molar-refractivity contribution in [3.8, 4) is 5.82 Å². The number of nitrogens with one attached hydrogen (secondary N) is 3. The number of carbonyl (C=O) groups excluding carboxylic acids is 1. The first kappa shape index (κ1) is 28.8. The lowest BCUT2D eigenvalue weighted by Gasteiger charge is -2.34. The summed E-state index contributed by atoms with van der Waals surface area (Å²) in [6.07, 6.45) is -1.89. The molecule has 4 aromatic rings. The average molecular weight is 583 g/mol. The molecule has 1 amide bonds. The summed E-state index contributed by atoms with van der Waals surface area (Å²) in [6, 6.07) is 10.2. The van der Waals surface area contributed by atoms with E-state index in [1.165, 1.54) is 24.4 Å². The number of piperazine rings is 1. The largest absolute Gasteiger partial charge is 0.416 e. The van der Waals surface area contributed by atoms with Gasteiger partial charge < -0.3 is 20.4 Å². The van der Waals surface area contributed by atoms with Crippen LogP contribution in [0.15, 0.2) is 55.1 Å². The van der Waals surface area contributed by atoms with Crippen LogP contribution in [-0.4, -0.2) is 75.9 Å². The Labute approximate surface area is 239 Å². The molecule has 220 valence electrons. The Morgan fingerprint density at radius 1 is 0.976 bits per heavy atom. The van der Waals surface area contributed by atoms with E-state index in [0.29, 0.717) is 42.0 Å². The highest BCUT2D eigenvalue weighted by atomic mass is 19.4. The van der Waals surface area contributed by atoms with Crippen LogP contribution >= 0.6 is 0 Å². The number of likely N-dealkylation sites (N-methyl/N-ethyl adjacent to an activating group) is 1. The zero-order valence-corrected chi connectivity index (χ0v) is 23.1. The number of hydrogen-bond acceptors (Lipinski definition) is 10. The Morgan fingerprint density at radius 2 is 1.76 bits per heavy atom. The predicted octanol–water partition coefficient (Wildman–Crippen LogP) is 4.11. The Kier molecular flexibility index (Phi) is 8.22. The van der Waals surface area contributed by atoms with Crippen LogP contribution in [0.5, 0.6) is 0 Å². The summed E-state index contributed by atoms with van der Waals surface area (Å²) in [6.45, 7) is 4.47. The molecule has 2 aromatic carbocycles. The summed E-state index contributed by atoms with van der Waals surface area (Å²) >= 11 is 0. The van der Waals surface area contributed by atoms with Crippen molar-refractivity contribution in [1.29, 1.82) is 0 Å². The first-order chi connectivity index (χ1) is 20.1. The second-order valence-electron chi connectivity index (χ2n) is 9.73. The van der Waals surface area contributed by atoms with Gasteiger partial charge in [-0.05, 0) is 49.9 Å². The van der Waals surface area contributed by atoms with Crippen molar-refractivity contribution in [1.82, 2.24) is 29.6 Å². The molecule has 0 unspecified atom stereocenters. The summed E-state index contributed by atoms with van der Waals surface area (Å²) in [7, 11) is 3.42. The van der Waals surface area contributed by atoms with Gasteiger partial charge in [-0.15, -0.1) is 0 Å². The third-order valence-corrected chi connectivity index (χ3v) is 6.74. The number of halogens is 3.